The van der Waals surface area contributed by atoms with Gasteiger partial charge in [-0.25, -0.2) is 0 Å². The van der Waals surface area contributed by atoms with E-state index >= 15 is 0 Å². The minimum absolute atomic E-state index is 0.0648. The third-order valence-corrected chi connectivity index (χ3v) is 5.06. The lowest BCUT2D eigenvalue weighted by molar-refractivity contribution is 0.115. The van der Waals surface area contributed by atoms with E-state index in [4.69, 9.17) is 5.73 Å². The Hall–Kier alpha value is -1.32. The Kier molecular flexibility index (Phi) is 4.32. The summed E-state index contributed by atoms with van der Waals surface area (Å²) in [5, 5.41) is 1.34. The Morgan fingerprint density at radius 3 is 2.57 bits per heavy atom. The number of benzene rings is 1. The number of nitrogens with one attached hydrogen (secondary N) is 1. The van der Waals surface area contributed by atoms with Crippen LogP contribution in [0.15, 0.2) is 30.5 Å². The summed E-state index contributed by atoms with van der Waals surface area (Å²) in [7, 11) is 0. The van der Waals surface area contributed by atoms with Crippen LogP contribution in [0, 0.1) is 0 Å². The van der Waals surface area contributed by atoms with Crippen molar-refractivity contribution in [3.05, 3.63) is 36.0 Å². The minimum Gasteiger partial charge on any atom is -0.361 e. The van der Waals surface area contributed by atoms with Gasteiger partial charge < -0.3 is 10.7 Å². The van der Waals surface area contributed by atoms with E-state index in [9.17, 15) is 0 Å². The number of aromatic amines is 1. The number of hydrogen-bond donors (Lipinski definition) is 2. The molecule has 0 aliphatic carbocycles. The lowest BCUT2D eigenvalue weighted by Crippen LogP contribution is -2.53. The Bertz CT molecular complexity index is 581. The molecule has 3 N–H and O–H groups in total. The quantitative estimate of drug-likeness (QED) is 0.905. The first kappa shape index (κ1) is 14.6. The number of nitrogens with zero attached hydrogens (tertiary/aromatic N) is 1. The van der Waals surface area contributed by atoms with Crippen LogP contribution in [-0.2, 0) is 6.42 Å². The molecule has 3 heteroatoms. The molecule has 1 atom stereocenters. The van der Waals surface area contributed by atoms with Crippen molar-refractivity contribution in [1.29, 1.82) is 0 Å². The van der Waals surface area contributed by atoms with Gasteiger partial charge in [0.2, 0.25) is 0 Å². The van der Waals surface area contributed by atoms with Crippen LogP contribution in [-0.4, -0.2) is 35.1 Å². The predicted octanol–water partition coefficient (Wildman–Crippen LogP) is 3.30. The number of likely N-dealkylation sites (tertiary alicyclic amines) is 1. The average Bonchev–Trinajstić information content (AvgIpc) is 2.74. The molecule has 1 aromatic carbocycles. The zero-order chi connectivity index (χ0) is 14.7. The maximum Gasteiger partial charge on any atom is 0.0456 e. The van der Waals surface area contributed by atoms with Crippen LogP contribution in [0.5, 0.6) is 0 Å². The van der Waals surface area contributed by atoms with Gasteiger partial charge in [0.1, 0.15) is 0 Å². The van der Waals surface area contributed by atoms with Crippen LogP contribution in [0.1, 0.15) is 38.2 Å². The van der Waals surface area contributed by atoms with Gasteiger partial charge in [-0.15, -0.1) is 0 Å². The fourth-order valence-corrected chi connectivity index (χ4v) is 3.61. The van der Waals surface area contributed by atoms with Gasteiger partial charge in [-0.3, -0.25) is 4.90 Å². The summed E-state index contributed by atoms with van der Waals surface area (Å²) >= 11 is 0. The molecule has 1 aliphatic rings. The Labute approximate surface area is 127 Å². The van der Waals surface area contributed by atoms with Gasteiger partial charge in [-0.1, -0.05) is 31.0 Å². The van der Waals surface area contributed by atoms with Crippen LogP contribution in [0.2, 0.25) is 0 Å². The molecule has 1 saturated heterocycles. The van der Waals surface area contributed by atoms with Crippen LogP contribution >= 0.6 is 0 Å². The van der Waals surface area contributed by atoms with E-state index in [0.29, 0.717) is 6.54 Å². The van der Waals surface area contributed by atoms with E-state index in [1.54, 1.807) is 0 Å². The van der Waals surface area contributed by atoms with Crippen molar-refractivity contribution >= 4 is 10.9 Å². The van der Waals surface area contributed by atoms with Crippen molar-refractivity contribution in [3.63, 3.8) is 0 Å². The number of nitrogens with two attached hydrogens (primary N) is 1. The number of para-hydroxylation sites is 1. The Morgan fingerprint density at radius 2 is 1.86 bits per heavy atom. The molecule has 1 fully saturated rings. The maximum atomic E-state index is 6.20. The van der Waals surface area contributed by atoms with Gasteiger partial charge >= 0.3 is 0 Å². The summed E-state index contributed by atoms with van der Waals surface area (Å²) in [6.07, 6.45) is 8.53. The van der Waals surface area contributed by atoms with Gasteiger partial charge in [-0.2, -0.15) is 0 Å². The molecule has 21 heavy (non-hydrogen) atoms. The van der Waals surface area contributed by atoms with E-state index in [-0.39, 0.29) is 5.54 Å². The van der Waals surface area contributed by atoms with Crippen LogP contribution < -0.4 is 5.73 Å². The second kappa shape index (κ2) is 6.20. The number of aromatic nitrogens is 1. The molecule has 1 aliphatic heterocycles. The predicted molar refractivity (Wildman–Crippen MR) is 89.5 cm³/mol. The fraction of sp³-hybridized carbons (Fsp3) is 0.556. The summed E-state index contributed by atoms with van der Waals surface area (Å²) in [6, 6.07) is 8.55. The molecule has 0 radical (unpaired) electrons. The largest absolute Gasteiger partial charge is 0.361 e. The first-order valence-corrected chi connectivity index (χ1v) is 8.23. The number of H-pyrrole nitrogens is 1. The molecule has 1 unspecified atom stereocenters. The Morgan fingerprint density at radius 1 is 1.14 bits per heavy atom. The molecule has 1 aromatic heterocycles. The molecule has 3 rings (SSSR count). The zero-order valence-corrected chi connectivity index (χ0v) is 13.1. The summed E-state index contributed by atoms with van der Waals surface area (Å²) < 4.78 is 0. The van der Waals surface area contributed by atoms with Gasteiger partial charge in [0.05, 0.1) is 0 Å². The topological polar surface area (TPSA) is 45.1 Å². The molecule has 114 valence electrons. The first-order chi connectivity index (χ1) is 10.2. The van der Waals surface area contributed by atoms with Crippen LogP contribution in [0.3, 0.4) is 0 Å². The van der Waals surface area contributed by atoms with Crippen molar-refractivity contribution in [3.8, 4) is 0 Å². The minimum atomic E-state index is 0.0648. The lowest BCUT2D eigenvalue weighted by Gasteiger charge is -2.40. The molecule has 0 spiro atoms. The molecular formula is C18H27N3. The third kappa shape index (κ3) is 2.99. The first-order valence-electron chi connectivity index (χ1n) is 8.23. The van der Waals surface area contributed by atoms with Crippen molar-refractivity contribution in [2.45, 2.75) is 44.6 Å². The van der Waals surface area contributed by atoms with Gasteiger partial charge in [0.15, 0.2) is 0 Å². The molecule has 3 nitrogen and oxygen atoms in total. The van der Waals surface area contributed by atoms with Crippen molar-refractivity contribution < 1.29 is 0 Å². The van der Waals surface area contributed by atoms with Crippen LogP contribution in [0.4, 0.5) is 0 Å². The molecule has 0 bridgehead atoms. The standard InChI is InChI=1S/C18H27N3/c1-18(14-19,21-10-6-2-3-7-11-21)12-15-13-20-17-9-5-4-8-16(15)17/h4-5,8-9,13,20H,2-3,6-7,10-12,14,19H2,1H3. The molecule has 0 amide bonds. The van der Waals surface area contributed by atoms with Gasteiger partial charge in [-0.05, 0) is 50.9 Å². The van der Waals surface area contributed by atoms with Crippen LogP contribution in [0.25, 0.3) is 10.9 Å². The lowest BCUT2D eigenvalue weighted by atomic mass is 9.90. The van der Waals surface area contributed by atoms with Crippen molar-refractivity contribution in [1.82, 2.24) is 9.88 Å². The molecule has 2 aromatic rings. The van der Waals surface area contributed by atoms with Crippen molar-refractivity contribution in [2.24, 2.45) is 5.73 Å². The SMILES string of the molecule is CC(CN)(Cc1c[nH]c2ccccc12)N1CCCCCC1. The number of rotatable bonds is 4. The summed E-state index contributed by atoms with van der Waals surface area (Å²) in [5.41, 5.74) is 8.88. The van der Waals surface area contributed by atoms with E-state index in [0.717, 1.165) is 6.42 Å². The van der Waals surface area contributed by atoms with Gasteiger partial charge in [0.25, 0.3) is 0 Å². The number of fused-ring (bicyclic) bond motifs is 1. The summed E-state index contributed by atoms with van der Waals surface area (Å²) in [6.45, 7) is 5.43. The molecule has 2 heterocycles. The molecule has 0 saturated carbocycles. The highest BCUT2D eigenvalue weighted by molar-refractivity contribution is 5.83. The van der Waals surface area contributed by atoms with E-state index < -0.39 is 0 Å². The van der Waals surface area contributed by atoms with E-state index in [1.165, 1.54) is 55.2 Å². The second-order valence-corrected chi connectivity index (χ2v) is 6.64. The maximum absolute atomic E-state index is 6.20. The smallest absolute Gasteiger partial charge is 0.0456 e. The van der Waals surface area contributed by atoms with E-state index in [2.05, 4.69) is 47.3 Å². The number of hydrogen-bond acceptors (Lipinski definition) is 2. The average molecular weight is 285 g/mol. The summed E-state index contributed by atoms with van der Waals surface area (Å²) in [5.74, 6) is 0. The molecular weight excluding hydrogens is 258 g/mol. The Balaban J connectivity index is 1.85. The highest BCUT2D eigenvalue weighted by Crippen LogP contribution is 2.27. The van der Waals surface area contributed by atoms with E-state index in [1.807, 2.05) is 0 Å². The zero-order valence-electron chi connectivity index (χ0n) is 13.1. The second-order valence-electron chi connectivity index (χ2n) is 6.64. The highest BCUT2D eigenvalue weighted by atomic mass is 15.2. The summed E-state index contributed by atoms with van der Waals surface area (Å²) in [4.78, 5) is 6.02. The highest BCUT2D eigenvalue weighted by Gasteiger charge is 2.31. The monoisotopic (exact) mass is 285 g/mol. The van der Waals surface area contributed by atoms with Gasteiger partial charge in [0, 0.05) is 29.2 Å². The third-order valence-electron chi connectivity index (χ3n) is 5.06. The van der Waals surface area contributed by atoms with Crippen molar-refractivity contribution in [2.75, 3.05) is 19.6 Å². The normalized spacial score (nSPS) is 20.3. The fourth-order valence-electron chi connectivity index (χ4n) is 3.61.